The van der Waals surface area contributed by atoms with E-state index in [0.29, 0.717) is 17.1 Å². The molecule has 138 valence electrons. The molecule has 0 aliphatic rings. The van der Waals surface area contributed by atoms with E-state index in [1.807, 2.05) is 6.07 Å². The molecule has 0 N–H and O–H groups in total. The van der Waals surface area contributed by atoms with Gasteiger partial charge in [0.05, 0.1) is 5.39 Å². The molecule has 3 nitrogen and oxygen atoms in total. The van der Waals surface area contributed by atoms with Crippen molar-refractivity contribution in [1.29, 1.82) is 0 Å². The fourth-order valence-corrected chi connectivity index (χ4v) is 4.63. The number of thiophene rings is 1. The lowest BCUT2D eigenvalue weighted by Crippen LogP contribution is -2.32. The third kappa shape index (κ3) is 4.02. The molecule has 5 heteroatoms. The third-order valence-corrected chi connectivity index (χ3v) is 5.38. The van der Waals surface area contributed by atoms with Gasteiger partial charge >= 0.3 is 0 Å². The van der Waals surface area contributed by atoms with Crippen LogP contribution in [-0.4, -0.2) is 23.1 Å². The molecule has 0 unspecified atom stereocenters. The third-order valence-electron chi connectivity index (χ3n) is 4.21. The Morgan fingerprint density at radius 2 is 1.62 bits per heavy atom. The minimum atomic E-state index is 0.325. The van der Waals surface area contributed by atoms with E-state index in [0.717, 1.165) is 29.1 Å². The summed E-state index contributed by atoms with van der Waals surface area (Å²) < 4.78 is 0. The molecule has 1 aromatic carbocycles. The predicted molar refractivity (Wildman–Crippen MR) is 114 cm³/mol. The summed E-state index contributed by atoms with van der Waals surface area (Å²) in [5, 5.41) is 1.45. The molecule has 0 fully saturated rings. The lowest BCUT2D eigenvalue weighted by Gasteiger charge is -2.28. The number of benzene rings is 1. The second kappa shape index (κ2) is 7.93. The number of aromatic nitrogens is 2. The maximum absolute atomic E-state index is 6.31. The molecule has 0 saturated heterocycles. The molecule has 3 aromatic rings. The van der Waals surface area contributed by atoms with E-state index in [1.165, 1.54) is 16.0 Å². The van der Waals surface area contributed by atoms with Crippen LogP contribution in [0.4, 0.5) is 5.82 Å². The lowest BCUT2D eigenvalue weighted by molar-refractivity contribution is 0.550. The normalized spacial score (nSPS) is 11.7. The predicted octanol–water partition coefficient (Wildman–Crippen LogP) is 6.44. The summed E-state index contributed by atoms with van der Waals surface area (Å²) in [4.78, 5) is 13.8. The van der Waals surface area contributed by atoms with E-state index >= 15 is 0 Å². The van der Waals surface area contributed by atoms with Crippen molar-refractivity contribution in [2.24, 2.45) is 11.8 Å². The number of aryl methyl sites for hydroxylation is 1. The first-order chi connectivity index (χ1) is 12.4. The van der Waals surface area contributed by atoms with Crippen molar-refractivity contribution in [3.05, 3.63) is 40.5 Å². The molecule has 0 bridgehead atoms. The van der Waals surface area contributed by atoms with Crippen molar-refractivity contribution < 1.29 is 0 Å². The monoisotopic (exact) mass is 387 g/mol. The van der Waals surface area contributed by atoms with Gasteiger partial charge in [0.15, 0.2) is 0 Å². The fourth-order valence-electron chi connectivity index (χ4n) is 3.38. The fraction of sp³-hybridized carbons (Fsp3) is 0.429. The average molecular weight is 388 g/mol. The van der Waals surface area contributed by atoms with Crippen LogP contribution in [-0.2, 0) is 0 Å². The summed E-state index contributed by atoms with van der Waals surface area (Å²) in [6.07, 6.45) is 0. The van der Waals surface area contributed by atoms with Crippen LogP contribution in [0.2, 0.25) is 5.28 Å². The number of hydrogen-bond donors (Lipinski definition) is 0. The van der Waals surface area contributed by atoms with Gasteiger partial charge < -0.3 is 4.90 Å². The first kappa shape index (κ1) is 19.1. The van der Waals surface area contributed by atoms with Crippen LogP contribution in [0.5, 0.6) is 0 Å². The average Bonchev–Trinajstić information content (AvgIpc) is 2.89. The van der Waals surface area contributed by atoms with Gasteiger partial charge in [0.25, 0.3) is 0 Å². The van der Waals surface area contributed by atoms with Crippen molar-refractivity contribution in [2.75, 3.05) is 18.0 Å². The van der Waals surface area contributed by atoms with Gasteiger partial charge in [-0.05, 0) is 35.9 Å². The van der Waals surface area contributed by atoms with Crippen molar-refractivity contribution in [1.82, 2.24) is 9.97 Å². The van der Waals surface area contributed by atoms with Crippen LogP contribution in [0.25, 0.3) is 21.3 Å². The van der Waals surface area contributed by atoms with Crippen LogP contribution < -0.4 is 4.90 Å². The van der Waals surface area contributed by atoms with Crippen molar-refractivity contribution in [3.63, 3.8) is 0 Å². The van der Waals surface area contributed by atoms with Gasteiger partial charge in [0.1, 0.15) is 10.6 Å². The van der Waals surface area contributed by atoms with E-state index < -0.39 is 0 Å². The number of halogens is 1. The number of anilines is 1. The summed E-state index contributed by atoms with van der Waals surface area (Å²) in [6, 6.07) is 10.5. The van der Waals surface area contributed by atoms with Crippen molar-refractivity contribution >= 4 is 39.0 Å². The Labute approximate surface area is 165 Å². The number of rotatable bonds is 6. The Kier molecular flexibility index (Phi) is 5.83. The van der Waals surface area contributed by atoms with E-state index in [-0.39, 0.29) is 0 Å². The van der Waals surface area contributed by atoms with Crippen LogP contribution in [0.1, 0.15) is 32.6 Å². The maximum atomic E-state index is 6.31. The van der Waals surface area contributed by atoms with Crippen molar-refractivity contribution in [2.45, 2.75) is 34.6 Å². The molecule has 0 radical (unpaired) electrons. The maximum Gasteiger partial charge on any atom is 0.225 e. The second-order valence-corrected chi connectivity index (χ2v) is 9.13. The van der Waals surface area contributed by atoms with E-state index in [2.05, 4.69) is 68.8 Å². The summed E-state index contributed by atoms with van der Waals surface area (Å²) in [5.74, 6) is 2.04. The zero-order chi connectivity index (χ0) is 18.8. The Hall–Kier alpha value is -1.65. The molecule has 26 heavy (non-hydrogen) atoms. The van der Waals surface area contributed by atoms with Crippen molar-refractivity contribution in [3.8, 4) is 11.1 Å². The Balaban J connectivity index is 2.26. The summed E-state index contributed by atoms with van der Waals surface area (Å²) in [6.45, 7) is 13.0. The molecule has 2 heterocycles. The molecule has 0 atom stereocenters. The standard InChI is InChI=1S/C21H26ClN3S/c1-13(2)11-25(12-14(3)4)19-18-17(16-9-7-6-8-10-16)15(5)26-20(18)24-21(22)23-19/h6-10,13-14H,11-12H2,1-5H3. The molecular weight excluding hydrogens is 362 g/mol. The summed E-state index contributed by atoms with van der Waals surface area (Å²) in [7, 11) is 0. The van der Waals surface area contributed by atoms with Crippen LogP contribution in [0.15, 0.2) is 30.3 Å². The smallest absolute Gasteiger partial charge is 0.225 e. The van der Waals surface area contributed by atoms with Gasteiger partial charge in [-0.15, -0.1) is 11.3 Å². The molecule has 0 aliphatic carbocycles. The highest BCUT2D eigenvalue weighted by molar-refractivity contribution is 7.19. The molecule has 0 amide bonds. The molecular formula is C21H26ClN3S. The van der Waals surface area contributed by atoms with Gasteiger partial charge in [0, 0.05) is 23.5 Å². The molecule has 0 saturated carbocycles. The zero-order valence-corrected chi connectivity index (χ0v) is 17.7. The van der Waals surface area contributed by atoms with Gasteiger partial charge in [-0.3, -0.25) is 0 Å². The molecule has 0 spiro atoms. The van der Waals surface area contributed by atoms with Gasteiger partial charge in [-0.1, -0.05) is 58.0 Å². The lowest BCUT2D eigenvalue weighted by atomic mass is 10.0. The topological polar surface area (TPSA) is 29.0 Å². The van der Waals surface area contributed by atoms with Gasteiger partial charge in [0.2, 0.25) is 5.28 Å². The summed E-state index contributed by atoms with van der Waals surface area (Å²) in [5.41, 5.74) is 2.44. The van der Waals surface area contributed by atoms with Crippen LogP contribution >= 0.6 is 22.9 Å². The van der Waals surface area contributed by atoms with Crippen LogP contribution in [0.3, 0.4) is 0 Å². The summed E-state index contributed by atoms with van der Waals surface area (Å²) >= 11 is 8.00. The number of nitrogens with zero attached hydrogens (tertiary/aromatic N) is 3. The highest BCUT2D eigenvalue weighted by Gasteiger charge is 2.22. The van der Waals surface area contributed by atoms with E-state index in [9.17, 15) is 0 Å². The first-order valence-electron chi connectivity index (χ1n) is 9.13. The minimum Gasteiger partial charge on any atom is -0.355 e. The van der Waals surface area contributed by atoms with E-state index in [4.69, 9.17) is 16.6 Å². The largest absolute Gasteiger partial charge is 0.355 e. The number of hydrogen-bond acceptors (Lipinski definition) is 4. The molecule has 0 aliphatic heterocycles. The first-order valence-corrected chi connectivity index (χ1v) is 10.3. The zero-order valence-electron chi connectivity index (χ0n) is 16.1. The Morgan fingerprint density at radius 1 is 1.00 bits per heavy atom. The quantitative estimate of drug-likeness (QED) is 0.456. The SMILES string of the molecule is Cc1sc2nc(Cl)nc(N(CC(C)C)CC(C)C)c2c1-c1ccccc1. The Bertz CT molecular complexity index is 877. The minimum absolute atomic E-state index is 0.325. The van der Waals surface area contributed by atoms with Crippen LogP contribution in [0, 0.1) is 18.8 Å². The Morgan fingerprint density at radius 3 is 2.19 bits per heavy atom. The van der Waals surface area contributed by atoms with Gasteiger partial charge in [-0.2, -0.15) is 4.98 Å². The van der Waals surface area contributed by atoms with Gasteiger partial charge in [-0.25, -0.2) is 4.98 Å². The number of fused-ring (bicyclic) bond motifs is 1. The van der Waals surface area contributed by atoms with E-state index in [1.54, 1.807) is 11.3 Å². The highest BCUT2D eigenvalue weighted by atomic mass is 35.5. The molecule has 3 rings (SSSR count). The highest BCUT2D eigenvalue weighted by Crippen LogP contribution is 2.42. The molecule has 2 aromatic heterocycles. The second-order valence-electron chi connectivity index (χ2n) is 7.59.